The number of hydrogen-bond acceptors (Lipinski definition) is 3. The third-order valence-electron chi connectivity index (χ3n) is 2.77. The van der Waals surface area contributed by atoms with E-state index in [1.54, 1.807) is 13.8 Å². The molecule has 0 unspecified atom stereocenters. The summed E-state index contributed by atoms with van der Waals surface area (Å²) in [7, 11) is 3.85. The van der Waals surface area contributed by atoms with Crippen LogP contribution < -0.4 is 5.32 Å². The molecule has 0 bridgehead atoms. The standard InChI is InChI=1S/C11H24N2O2/c1-10(2,11(3,4)15)12-9(14)7-8-13(5)6/h15H,7-8H2,1-6H3,(H,12,14). The molecule has 0 fully saturated rings. The molecule has 90 valence electrons. The van der Waals surface area contributed by atoms with E-state index in [-0.39, 0.29) is 5.91 Å². The van der Waals surface area contributed by atoms with Crippen LogP contribution in [0.4, 0.5) is 0 Å². The first-order chi connectivity index (χ1) is 6.56. The predicted octanol–water partition coefficient (Wildman–Crippen LogP) is 0.604. The van der Waals surface area contributed by atoms with Crippen LogP contribution in [0, 0.1) is 0 Å². The van der Waals surface area contributed by atoms with E-state index in [1.807, 2.05) is 32.8 Å². The van der Waals surface area contributed by atoms with Gasteiger partial charge >= 0.3 is 0 Å². The van der Waals surface area contributed by atoms with Crippen molar-refractivity contribution in [2.24, 2.45) is 0 Å². The van der Waals surface area contributed by atoms with Gasteiger partial charge in [-0.3, -0.25) is 4.79 Å². The largest absolute Gasteiger partial charge is 0.388 e. The summed E-state index contributed by atoms with van der Waals surface area (Å²) < 4.78 is 0. The third kappa shape index (κ3) is 5.14. The first-order valence-electron chi connectivity index (χ1n) is 5.24. The molecule has 0 aromatic rings. The lowest BCUT2D eigenvalue weighted by atomic mass is 9.86. The fraction of sp³-hybridized carbons (Fsp3) is 0.909. The van der Waals surface area contributed by atoms with Crippen LogP contribution in [0.3, 0.4) is 0 Å². The average Bonchev–Trinajstić information content (AvgIpc) is 1.97. The number of rotatable bonds is 5. The molecule has 0 saturated carbocycles. The van der Waals surface area contributed by atoms with Crippen molar-refractivity contribution in [1.29, 1.82) is 0 Å². The lowest BCUT2D eigenvalue weighted by Gasteiger charge is -2.38. The van der Waals surface area contributed by atoms with E-state index in [1.165, 1.54) is 0 Å². The Kier molecular flexibility index (Phi) is 4.74. The molecule has 0 spiro atoms. The van der Waals surface area contributed by atoms with Crippen molar-refractivity contribution in [3.8, 4) is 0 Å². The van der Waals surface area contributed by atoms with Gasteiger partial charge in [0, 0.05) is 13.0 Å². The van der Waals surface area contributed by atoms with Crippen LogP contribution in [0.2, 0.25) is 0 Å². The molecule has 0 saturated heterocycles. The van der Waals surface area contributed by atoms with Crippen LogP contribution in [0.5, 0.6) is 0 Å². The van der Waals surface area contributed by atoms with Crippen LogP contribution in [0.25, 0.3) is 0 Å². The van der Waals surface area contributed by atoms with Crippen molar-refractivity contribution in [3.63, 3.8) is 0 Å². The molecule has 0 aliphatic heterocycles. The summed E-state index contributed by atoms with van der Waals surface area (Å²) in [5.74, 6) is -0.0316. The van der Waals surface area contributed by atoms with E-state index in [0.717, 1.165) is 0 Å². The third-order valence-corrected chi connectivity index (χ3v) is 2.77. The molecule has 4 nitrogen and oxygen atoms in total. The number of nitrogens with one attached hydrogen (secondary N) is 1. The van der Waals surface area contributed by atoms with Crippen LogP contribution in [0.15, 0.2) is 0 Å². The average molecular weight is 216 g/mol. The summed E-state index contributed by atoms with van der Waals surface area (Å²) in [6, 6.07) is 0. The van der Waals surface area contributed by atoms with Crippen molar-refractivity contribution in [3.05, 3.63) is 0 Å². The zero-order valence-corrected chi connectivity index (χ0v) is 10.7. The molecule has 0 heterocycles. The summed E-state index contributed by atoms with van der Waals surface area (Å²) in [6.07, 6.45) is 0.451. The monoisotopic (exact) mass is 216 g/mol. The summed E-state index contributed by atoms with van der Waals surface area (Å²) in [5.41, 5.74) is -1.54. The molecule has 2 N–H and O–H groups in total. The van der Waals surface area contributed by atoms with E-state index in [0.29, 0.717) is 13.0 Å². The highest BCUT2D eigenvalue weighted by molar-refractivity contribution is 5.77. The van der Waals surface area contributed by atoms with Crippen molar-refractivity contribution >= 4 is 5.91 Å². The number of amides is 1. The van der Waals surface area contributed by atoms with Crippen LogP contribution in [-0.4, -0.2) is 47.7 Å². The van der Waals surface area contributed by atoms with E-state index in [2.05, 4.69) is 5.32 Å². The van der Waals surface area contributed by atoms with Crippen molar-refractivity contribution in [1.82, 2.24) is 10.2 Å². The second-order valence-corrected chi connectivity index (χ2v) is 5.29. The Morgan fingerprint density at radius 3 is 2.07 bits per heavy atom. The molecule has 0 aromatic carbocycles. The van der Waals surface area contributed by atoms with Crippen LogP contribution in [-0.2, 0) is 4.79 Å². The molecule has 4 heteroatoms. The van der Waals surface area contributed by atoms with Gasteiger partial charge in [0.2, 0.25) is 5.91 Å². The second-order valence-electron chi connectivity index (χ2n) is 5.29. The highest BCUT2D eigenvalue weighted by Crippen LogP contribution is 2.20. The van der Waals surface area contributed by atoms with Gasteiger partial charge in [0.1, 0.15) is 0 Å². The highest BCUT2D eigenvalue weighted by Gasteiger charge is 2.36. The smallest absolute Gasteiger partial charge is 0.221 e. The summed E-state index contributed by atoms with van der Waals surface area (Å²) >= 11 is 0. The molecule has 0 radical (unpaired) electrons. The van der Waals surface area contributed by atoms with Crippen molar-refractivity contribution in [2.45, 2.75) is 45.3 Å². The van der Waals surface area contributed by atoms with Crippen LogP contribution >= 0.6 is 0 Å². The Hall–Kier alpha value is -0.610. The molecule has 0 aliphatic rings. The van der Waals surface area contributed by atoms with Gasteiger partial charge in [0.25, 0.3) is 0 Å². The van der Waals surface area contributed by atoms with Crippen LogP contribution in [0.1, 0.15) is 34.1 Å². The fourth-order valence-electron chi connectivity index (χ4n) is 0.889. The van der Waals surface area contributed by atoms with Gasteiger partial charge in [-0.2, -0.15) is 0 Å². The SMILES string of the molecule is CN(C)CCC(=O)NC(C)(C)C(C)(C)O. The Labute approximate surface area is 92.7 Å². The molecule has 1 amide bonds. The number of carbonyl (C=O) groups excluding carboxylic acids is 1. The Morgan fingerprint density at radius 2 is 1.73 bits per heavy atom. The first kappa shape index (κ1) is 14.4. The van der Waals surface area contributed by atoms with Gasteiger partial charge in [-0.1, -0.05) is 0 Å². The Morgan fingerprint density at radius 1 is 1.27 bits per heavy atom. The molecule has 15 heavy (non-hydrogen) atoms. The normalized spacial score (nSPS) is 13.1. The van der Waals surface area contributed by atoms with Gasteiger partial charge in [0.15, 0.2) is 0 Å². The zero-order valence-electron chi connectivity index (χ0n) is 10.7. The lowest BCUT2D eigenvalue weighted by Crippen LogP contribution is -2.57. The maximum atomic E-state index is 11.6. The summed E-state index contributed by atoms with van der Waals surface area (Å²) in [6.45, 7) is 7.74. The lowest BCUT2D eigenvalue weighted by molar-refractivity contribution is -0.126. The maximum Gasteiger partial charge on any atom is 0.221 e. The molecule has 0 aromatic heterocycles. The fourth-order valence-corrected chi connectivity index (χ4v) is 0.889. The first-order valence-corrected chi connectivity index (χ1v) is 5.24. The van der Waals surface area contributed by atoms with E-state index >= 15 is 0 Å². The topological polar surface area (TPSA) is 52.6 Å². The molecular formula is C11H24N2O2. The van der Waals surface area contributed by atoms with E-state index in [4.69, 9.17) is 0 Å². The Balaban J connectivity index is 4.17. The van der Waals surface area contributed by atoms with Crippen molar-refractivity contribution in [2.75, 3.05) is 20.6 Å². The van der Waals surface area contributed by atoms with Gasteiger partial charge in [0.05, 0.1) is 11.1 Å². The van der Waals surface area contributed by atoms with Gasteiger partial charge in [-0.15, -0.1) is 0 Å². The van der Waals surface area contributed by atoms with E-state index in [9.17, 15) is 9.90 Å². The maximum absolute atomic E-state index is 11.6. The van der Waals surface area contributed by atoms with Gasteiger partial charge in [-0.25, -0.2) is 0 Å². The van der Waals surface area contributed by atoms with E-state index < -0.39 is 11.1 Å². The molecule has 0 aliphatic carbocycles. The number of hydrogen-bond donors (Lipinski definition) is 2. The minimum absolute atomic E-state index is 0.0316. The molecule has 0 rings (SSSR count). The minimum atomic E-state index is -0.930. The van der Waals surface area contributed by atoms with Crippen molar-refractivity contribution < 1.29 is 9.90 Å². The quantitative estimate of drug-likeness (QED) is 0.708. The summed E-state index contributed by atoms with van der Waals surface area (Å²) in [4.78, 5) is 13.5. The number of carbonyl (C=O) groups is 1. The van der Waals surface area contributed by atoms with Gasteiger partial charge in [-0.05, 0) is 41.8 Å². The highest BCUT2D eigenvalue weighted by atomic mass is 16.3. The summed E-state index contributed by atoms with van der Waals surface area (Å²) in [5, 5.41) is 12.7. The predicted molar refractivity (Wildman–Crippen MR) is 61.7 cm³/mol. The number of aliphatic hydroxyl groups is 1. The minimum Gasteiger partial charge on any atom is -0.388 e. The van der Waals surface area contributed by atoms with Gasteiger partial charge < -0.3 is 15.3 Å². The molecular weight excluding hydrogens is 192 g/mol. The zero-order chi connectivity index (χ0) is 12.3. The Bertz CT molecular complexity index is 217. The second kappa shape index (κ2) is 4.94. The molecule has 0 atom stereocenters. The number of nitrogens with zero attached hydrogens (tertiary/aromatic N) is 1.